The first-order valence-corrected chi connectivity index (χ1v) is 31.2. The zero-order chi connectivity index (χ0) is 53.6. The molecule has 0 radical (unpaired) electrons. The van der Waals surface area contributed by atoms with Gasteiger partial charge in [0.15, 0.2) is 6.10 Å². The molecule has 0 rings (SSSR count). The van der Waals surface area contributed by atoms with Gasteiger partial charge in [0.05, 0.1) is 0 Å². The van der Waals surface area contributed by atoms with Gasteiger partial charge in [-0.25, -0.2) is 0 Å². The molecular weight excluding hydrogens is 913 g/mol. The van der Waals surface area contributed by atoms with Crippen LogP contribution in [0.2, 0.25) is 0 Å². The summed E-state index contributed by atoms with van der Waals surface area (Å²) in [4.78, 5) is 38.2. The van der Waals surface area contributed by atoms with Crippen molar-refractivity contribution >= 4 is 17.9 Å². The van der Waals surface area contributed by atoms with Crippen molar-refractivity contribution in [1.29, 1.82) is 0 Å². The molecule has 0 aliphatic heterocycles. The Hall–Kier alpha value is -3.67. The first kappa shape index (κ1) is 70.3. The second-order valence-corrected chi connectivity index (χ2v) is 20.6. The predicted octanol–water partition coefficient (Wildman–Crippen LogP) is 21.3. The second-order valence-electron chi connectivity index (χ2n) is 20.6. The van der Waals surface area contributed by atoms with Crippen LogP contribution in [0.5, 0.6) is 0 Å². The molecule has 0 fully saturated rings. The Morgan fingerprint density at radius 2 is 0.527 bits per heavy atom. The number of allylic oxidation sites excluding steroid dienone is 16. The van der Waals surface area contributed by atoms with Crippen LogP contribution < -0.4 is 0 Å². The van der Waals surface area contributed by atoms with Gasteiger partial charge in [-0.15, -0.1) is 0 Å². The molecule has 1 atom stereocenters. The van der Waals surface area contributed by atoms with E-state index in [-0.39, 0.29) is 37.5 Å². The van der Waals surface area contributed by atoms with Gasteiger partial charge in [-0.3, -0.25) is 14.4 Å². The molecule has 0 bridgehead atoms. The number of carbonyl (C=O) groups is 3. The lowest BCUT2D eigenvalue weighted by molar-refractivity contribution is -0.167. The third-order valence-corrected chi connectivity index (χ3v) is 13.3. The third-order valence-electron chi connectivity index (χ3n) is 13.3. The fourth-order valence-electron chi connectivity index (χ4n) is 8.65. The Kier molecular flexibility index (Phi) is 58.8. The number of hydrogen-bond acceptors (Lipinski definition) is 6. The summed E-state index contributed by atoms with van der Waals surface area (Å²) in [5, 5.41) is 0. The third kappa shape index (κ3) is 59.2. The van der Waals surface area contributed by atoms with Gasteiger partial charge in [-0.2, -0.15) is 0 Å². The summed E-state index contributed by atoms with van der Waals surface area (Å²) in [5.74, 6) is -0.919. The minimum atomic E-state index is -0.797. The molecule has 0 aromatic carbocycles. The lowest BCUT2D eigenvalue weighted by Crippen LogP contribution is -2.30. The number of hydrogen-bond donors (Lipinski definition) is 0. The number of carbonyl (C=O) groups excluding carboxylic acids is 3. The fraction of sp³-hybridized carbons (Fsp3) is 0.721. The van der Waals surface area contributed by atoms with E-state index in [1.807, 2.05) is 0 Å². The maximum absolute atomic E-state index is 12.9. The first-order valence-electron chi connectivity index (χ1n) is 31.2. The van der Waals surface area contributed by atoms with Gasteiger partial charge in [0.2, 0.25) is 0 Å². The summed E-state index contributed by atoms with van der Waals surface area (Å²) in [7, 11) is 0. The Balaban J connectivity index is 4.36. The predicted molar refractivity (Wildman–Crippen MR) is 320 cm³/mol. The van der Waals surface area contributed by atoms with Crippen molar-refractivity contribution in [2.45, 2.75) is 303 Å². The van der Waals surface area contributed by atoms with Gasteiger partial charge in [0, 0.05) is 19.3 Å². The number of ether oxygens (including phenoxy) is 3. The summed E-state index contributed by atoms with van der Waals surface area (Å²) in [5.41, 5.74) is 0. The Bertz CT molecular complexity index is 1460. The number of unbranched alkanes of at least 4 members (excludes halogenated alkanes) is 29. The maximum atomic E-state index is 12.9. The van der Waals surface area contributed by atoms with Crippen LogP contribution in [-0.4, -0.2) is 37.2 Å². The highest BCUT2D eigenvalue weighted by Gasteiger charge is 2.19. The first-order chi connectivity index (χ1) is 36.5. The topological polar surface area (TPSA) is 78.9 Å². The van der Waals surface area contributed by atoms with Crippen LogP contribution in [0.1, 0.15) is 297 Å². The zero-order valence-corrected chi connectivity index (χ0v) is 48.6. The van der Waals surface area contributed by atoms with Gasteiger partial charge in [-0.1, -0.05) is 272 Å². The molecule has 1 unspecified atom stereocenters. The van der Waals surface area contributed by atoms with Crippen LogP contribution in [0.25, 0.3) is 0 Å². The van der Waals surface area contributed by atoms with Gasteiger partial charge in [0.1, 0.15) is 13.2 Å². The molecule has 0 amide bonds. The van der Waals surface area contributed by atoms with E-state index in [1.54, 1.807) is 0 Å². The second kappa shape index (κ2) is 61.9. The van der Waals surface area contributed by atoms with Crippen LogP contribution >= 0.6 is 0 Å². The Morgan fingerprint density at radius 1 is 0.284 bits per heavy atom. The van der Waals surface area contributed by atoms with Crippen molar-refractivity contribution in [2.24, 2.45) is 0 Å². The fourth-order valence-corrected chi connectivity index (χ4v) is 8.65. The summed E-state index contributed by atoms with van der Waals surface area (Å²) in [6, 6.07) is 0. The molecule has 0 aliphatic carbocycles. The molecular formula is C68H116O6. The van der Waals surface area contributed by atoms with E-state index in [0.29, 0.717) is 12.8 Å². The smallest absolute Gasteiger partial charge is 0.306 e. The summed E-state index contributed by atoms with van der Waals surface area (Å²) in [6.07, 6.45) is 82.6. The van der Waals surface area contributed by atoms with Gasteiger partial charge >= 0.3 is 17.9 Å². The molecule has 0 aromatic rings. The molecule has 74 heavy (non-hydrogen) atoms. The van der Waals surface area contributed by atoms with Crippen LogP contribution in [0.15, 0.2) is 97.2 Å². The number of esters is 3. The van der Waals surface area contributed by atoms with E-state index in [1.165, 1.54) is 148 Å². The lowest BCUT2D eigenvalue weighted by atomic mass is 10.0. The van der Waals surface area contributed by atoms with Crippen LogP contribution in [0, 0.1) is 0 Å². The molecule has 0 N–H and O–H groups in total. The molecule has 424 valence electrons. The number of rotatable bonds is 56. The zero-order valence-electron chi connectivity index (χ0n) is 48.6. The molecule has 0 spiro atoms. The average Bonchev–Trinajstić information content (AvgIpc) is 3.40. The molecule has 0 aliphatic rings. The van der Waals surface area contributed by atoms with Gasteiger partial charge in [0.25, 0.3) is 0 Å². The van der Waals surface area contributed by atoms with Crippen molar-refractivity contribution < 1.29 is 28.6 Å². The van der Waals surface area contributed by atoms with E-state index in [9.17, 15) is 14.4 Å². The summed E-state index contributed by atoms with van der Waals surface area (Å²) < 4.78 is 16.9. The molecule has 6 heteroatoms. The molecule has 6 nitrogen and oxygen atoms in total. The van der Waals surface area contributed by atoms with Crippen LogP contribution in [-0.2, 0) is 28.6 Å². The van der Waals surface area contributed by atoms with Crippen LogP contribution in [0.4, 0.5) is 0 Å². The van der Waals surface area contributed by atoms with E-state index >= 15 is 0 Å². The van der Waals surface area contributed by atoms with Crippen molar-refractivity contribution in [1.82, 2.24) is 0 Å². The van der Waals surface area contributed by atoms with Crippen molar-refractivity contribution in [3.63, 3.8) is 0 Å². The highest BCUT2D eigenvalue weighted by Crippen LogP contribution is 2.16. The quantitative estimate of drug-likeness (QED) is 0.0261. The van der Waals surface area contributed by atoms with Gasteiger partial charge in [-0.05, 0) is 103 Å². The van der Waals surface area contributed by atoms with E-state index in [2.05, 4.69) is 118 Å². The molecule has 0 heterocycles. The Morgan fingerprint density at radius 3 is 0.838 bits per heavy atom. The summed E-state index contributed by atoms with van der Waals surface area (Å²) >= 11 is 0. The minimum Gasteiger partial charge on any atom is -0.462 e. The lowest BCUT2D eigenvalue weighted by Gasteiger charge is -2.18. The van der Waals surface area contributed by atoms with Crippen molar-refractivity contribution in [2.75, 3.05) is 13.2 Å². The normalized spacial score (nSPS) is 12.7. The largest absolute Gasteiger partial charge is 0.462 e. The minimum absolute atomic E-state index is 0.0904. The van der Waals surface area contributed by atoms with Crippen LogP contribution in [0.3, 0.4) is 0 Å². The van der Waals surface area contributed by atoms with E-state index < -0.39 is 6.10 Å². The van der Waals surface area contributed by atoms with Crippen molar-refractivity contribution in [3.05, 3.63) is 97.2 Å². The van der Waals surface area contributed by atoms with E-state index in [4.69, 9.17) is 14.2 Å². The van der Waals surface area contributed by atoms with E-state index in [0.717, 1.165) is 109 Å². The van der Waals surface area contributed by atoms with Crippen molar-refractivity contribution in [3.8, 4) is 0 Å². The molecule has 0 saturated heterocycles. The maximum Gasteiger partial charge on any atom is 0.306 e. The highest BCUT2D eigenvalue weighted by molar-refractivity contribution is 5.71. The molecule has 0 saturated carbocycles. The Labute approximate surface area is 457 Å². The van der Waals surface area contributed by atoms with Gasteiger partial charge < -0.3 is 14.2 Å². The molecule has 0 aromatic heterocycles. The average molecular weight is 1030 g/mol. The monoisotopic (exact) mass is 1030 g/mol. The summed E-state index contributed by atoms with van der Waals surface area (Å²) in [6.45, 7) is 6.50. The standard InChI is InChI=1S/C68H116O6/c1-4-7-10-13-16-19-22-25-27-29-31-32-33-34-35-36-38-39-41-43-46-49-52-55-58-61-67(70)73-64-65(63-72-66(69)60-57-54-51-48-45-24-21-18-15-12-9-6-3)74-68(71)62-59-56-53-50-47-44-42-40-37-30-28-26-23-20-17-14-11-8-5-2/h8,11,17,20,22,25-26,28-29,31,33-34,37,40,44,47,65H,4-7,9-10,12-16,18-19,21,23-24,27,30,32,35-36,38-39,41-43,45-46,48-64H2,1-3H3/b11-8-,20-17-,25-22-,28-26-,31-29-,34-33-,40-37-,47-44-. The highest BCUT2D eigenvalue weighted by atomic mass is 16.6. The SMILES string of the molecule is CC/C=C\C/C=C\C/C=C\C/C=C\C/C=C\CCCCCC(=O)OC(COC(=O)CCCCCCCCCCCC/C=C\C/C=C\C/C=C\CCCCCCC)COC(=O)CCCCCCCCCCCCCC.